The molecule has 1 aliphatic rings. The molecule has 0 heterocycles. The van der Waals surface area contributed by atoms with Crippen molar-refractivity contribution in [3.63, 3.8) is 0 Å². The lowest BCUT2D eigenvalue weighted by Gasteiger charge is -2.18. The first kappa shape index (κ1) is 4.91. The molecule has 1 heteroatoms. The third kappa shape index (κ3) is 1.79. The molecule has 0 aromatic heterocycles. The lowest BCUT2D eigenvalue weighted by atomic mass is 9.85. The molecule has 0 spiro atoms. The van der Waals surface area contributed by atoms with Gasteiger partial charge in [0, 0.05) is 6.42 Å². The van der Waals surface area contributed by atoms with Gasteiger partial charge in [0.15, 0.2) is 5.78 Å². The van der Waals surface area contributed by atoms with Crippen LogP contribution < -0.4 is 0 Å². The highest BCUT2D eigenvalue weighted by molar-refractivity contribution is 5.95. The fraction of sp³-hybridized carbons (Fsp3) is 0.500. The van der Waals surface area contributed by atoms with E-state index in [4.69, 9.17) is 4.11 Å². The largest absolute Gasteiger partial charge is 0.295 e. The molecule has 0 saturated heterocycles. The number of allylic oxidation sites excluding steroid dienone is 3. The van der Waals surface area contributed by atoms with Crippen LogP contribution in [0.2, 0.25) is 0 Å². The van der Waals surface area contributed by atoms with Crippen LogP contribution >= 0.6 is 0 Å². The second-order valence-electron chi connectivity index (χ2n) is 3.01. The summed E-state index contributed by atoms with van der Waals surface area (Å²) in [6, 6.07) is 0.354. The average molecular weight is 153 g/mol. The van der Waals surface area contributed by atoms with E-state index in [1.807, 2.05) is 0 Å². The molecule has 1 rings (SSSR count). The van der Waals surface area contributed by atoms with Gasteiger partial charge >= 0.3 is 0 Å². The standard InChI is InChI=1S/C10H14O/c1-7(2)9-5-4-8(3)10(11)6-9/h4,9H,1,5-6H2,2-3H3/t9-/m1/s1/i1D2,4D. The van der Waals surface area contributed by atoms with Crippen molar-refractivity contribution in [3.8, 4) is 0 Å². The summed E-state index contributed by atoms with van der Waals surface area (Å²) in [5, 5.41) is 0. The first-order valence-electron chi connectivity index (χ1n) is 5.27. The zero-order valence-corrected chi connectivity index (χ0v) is 6.90. The van der Waals surface area contributed by atoms with Gasteiger partial charge in [-0.3, -0.25) is 4.79 Å². The zero-order chi connectivity index (χ0) is 10.9. The van der Waals surface area contributed by atoms with Gasteiger partial charge in [-0.05, 0) is 31.8 Å². The van der Waals surface area contributed by atoms with Crippen molar-refractivity contribution in [2.75, 3.05) is 0 Å². The second kappa shape index (κ2) is 3.04. The van der Waals surface area contributed by atoms with Gasteiger partial charge in [-0.25, -0.2) is 0 Å². The molecule has 11 heavy (non-hydrogen) atoms. The summed E-state index contributed by atoms with van der Waals surface area (Å²) in [5.41, 5.74) is 1.14. The van der Waals surface area contributed by atoms with Crippen LogP contribution in [0.4, 0.5) is 0 Å². The molecule has 0 aromatic carbocycles. The molecular formula is C10H14O. The van der Waals surface area contributed by atoms with Gasteiger partial charge in [-0.1, -0.05) is 18.2 Å². The Morgan fingerprint density at radius 1 is 2.00 bits per heavy atom. The maximum atomic E-state index is 11.4. The van der Waals surface area contributed by atoms with Crippen molar-refractivity contribution in [2.45, 2.75) is 26.7 Å². The highest BCUT2D eigenvalue weighted by Crippen LogP contribution is 2.25. The fourth-order valence-corrected chi connectivity index (χ4v) is 1.13. The van der Waals surface area contributed by atoms with Crippen LogP contribution in [0, 0.1) is 5.92 Å². The Morgan fingerprint density at radius 2 is 2.73 bits per heavy atom. The summed E-state index contributed by atoms with van der Waals surface area (Å²) < 4.78 is 21.9. The Balaban J connectivity index is 2.92. The van der Waals surface area contributed by atoms with E-state index in [1.54, 1.807) is 13.8 Å². The van der Waals surface area contributed by atoms with Gasteiger partial charge in [0.1, 0.15) is 0 Å². The van der Waals surface area contributed by atoms with Gasteiger partial charge in [0.2, 0.25) is 0 Å². The van der Waals surface area contributed by atoms with Crippen molar-refractivity contribution in [1.82, 2.24) is 0 Å². The number of Topliss-reactive ketones (excluding diaryl/α,β-unsaturated/α-hetero) is 1. The molecule has 1 nitrogen and oxygen atoms in total. The van der Waals surface area contributed by atoms with E-state index < -0.39 is 0 Å². The number of carbonyl (C=O) groups is 1. The number of rotatable bonds is 1. The molecule has 0 N–H and O–H groups in total. The van der Waals surface area contributed by atoms with E-state index >= 15 is 0 Å². The van der Waals surface area contributed by atoms with E-state index in [2.05, 4.69) is 0 Å². The van der Waals surface area contributed by atoms with Crippen molar-refractivity contribution >= 4 is 5.78 Å². The van der Waals surface area contributed by atoms with Crippen LogP contribution in [-0.2, 0) is 4.79 Å². The van der Waals surface area contributed by atoms with Crippen molar-refractivity contribution in [1.29, 1.82) is 0 Å². The second-order valence-corrected chi connectivity index (χ2v) is 3.01. The molecule has 1 atom stereocenters. The van der Waals surface area contributed by atoms with Crippen LogP contribution in [0.25, 0.3) is 0 Å². The maximum absolute atomic E-state index is 11.4. The Hall–Kier alpha value is -0.850. The van der Waals surface area contributed by atoms with Gasteiger partial charge < -0.3 is 0 Å². The normalized spacial score (nSPS) is 29.1. The van der Waals surface area contributed by atoms with E-state index in [1.165, 1.54) is 0 Å². The molecule has 0 radical (unpaired) electrons. The minimum Gasteiger partial charge on any atom is -0.295 e. The summed E-state index contributed by atoms with van der Waals surface area (Å²) in [7, 11) is 0. The smallest absolute Gasteiger partial charge is 0.158 e. The Morgan fingerprint density at radius 3 is 3.27 bits per heavy atom. The van der Waals surface area contributed by atoms with Gasteiger partial charge in [-0.2, -0.15) is 0 Å². The fourth-order valence-electron chi connectivity index (χ4n) is 1.13. The Kier molecular flexibility index (Phi) is 1.36. The quantitative estimate of drug-likeness (QED) is 0.529. The predicted molar refractivity (Wildman–Crippen MR) is 46.3 cm³/mol. The summed E-state index contributed by atoms with van der Waals surface area (Å²) in [5.74, 6) is -0.129. The van der Waals surface area contributed by atoms with Crippen LogP contribution in [0.1, 0.15) is 30.8 Å². The van der Waals surface area contributed by atoms with Crippen molar-refractivity contribution < 1.29 is 8.91 Å². The van der Waals surface area contributed by atoms with Crippen LogP contribution in [0.5, 0.6) is 0 Å². The topological polar surface area (TPSA) is 17.1 Å². The Labute approximate surface area is 72.0 Å². The lowest BCUT2D eigenvalue weighted by Crippen LogP contribution is -2.14. The zero-order valence-electron chi connectivity index (χ0n) is 9.90. The molecule has 0 aromatic rings. The number of hydrogen-bond donors (Lipinski definition) is 0. The van der Waals surface area contributed by atoms with Gasteiger partial charge in [-0.15, -0.1) is 0 Å². The summed E-state index contributed by atoms with van der Waals surface area (Å²) in [4.78, 5) is 11.4. The highest BCUT2D eigenvalue weighted by Gasteiger charge is 2.18. The summed E-state index contributed by atoms with van der Waals surface area (Å²) in [6.45, 7) is 3.14. The predicted octanol–water partition coefficient (Wildman–Crippen LogP) is 2.49. The van der Waals surface area contributed by atoms with E-state index in [-0.39, 0.29) is 18.2 Å². The maximum Gasteiger partial charge on any atom is 0.158 e. The first-order valence-corrected chi connectivity index (χ1v) is 3.77. The molecule has 60 valence electrons. The minimum atomic E-state index is -0.227. The van der Waals surface area contributed by atoms with Gasteiger partial charge in [0.25, 0.3) is 0 Å². The van der Waals surface area contributed by atoms with E-state index in [0.717, 1.165) is 0 Å². The van der Waals surface area contributed by atoms with Crippen LogP contribution in [0.3, 0.4) is 0 Å². The van der Waals surface area contributed by atoms with E-state index in [0.29, 0.717) is 30.0 Å². The summed E-state index contributed by atoms with van der Waals surface area (Å²) >= 11 is 0. The molecule has 0 fully saturated rings. The highest BCUT2D eigenvalue weighted by atomic mass is 16.1. The molecule has 1 aliphatic carbocycles. The third-order valence-electron chi connectivity index (χ3n) is 2.08. The third-order valence-corrected chi connectivity index (χ3v) is 2.08. The molecule has 0 bridgehead atoms. The monoisotopic (exact) mass is 153 g/mol. The minimum absolute atomic E-state index is 0.0214. The lowest BCUT2D eigenvalue weighted by molar-refractivity contribution is -0.116. The molecule has 0 unspecified atom stereocenters. The molecule has 0 amide bonds. The summed E-state index contributed by atoms with van der Waals surface area (Å²) in [6.07, 6.45) is 0.839. The number of ketones is 1. The van der Waals surface area contributed by atoms with Crippen LogP contribution in [-0.4, -0.2) is 5.78 Å². The first-order chi connectivity index (χ1) is 6.43. The van der Waals surface area contributed by atoms with E-state index in [9.17, 15) is 4.79 Å². The molecule has 0 aliphatic heterocycles. The SMILES string of the molecule is [2H]C([2H])=C(C)[C@H]1CC(=O)C(C)=C([2H])C1. The van der Waals surface area contributed by atoms with Crippen molar-refractivity contribution in [2.24, 2.45) is 5.92 Å². The molecular weight excluding hydrogens is 136 g/mol. The van der Waals surface area contributed by atoms with Gasteiger partial charge in [0.05, 0.1) is 4.11 Å². The number of carbonyl (C=O) groups excluding carboxylic acids is 1. The molecule has 0 saturated carbocycles. The van der Waals surface area contributed by atoms with Crippen molar-refractivity contribution in [3.05, 3.63) is 23.7 Å². The van der Waals surface area contributed by atoms with Crippen LogP contribution in [0.15, 0.2) is 23.7 Å². The average Bonchev–Trinajstić information content (AvgIpc) is 2.12. The Bertz CT molecular complexity index is 324. The number of hydrogen-bond acceptors (Lipinski definition) is 1.